The van der Waals surface area contributed by atoms with Gasteiger partial charge in [-0.3, -0.25) is 9.36 Å². The highest BCUT2D eigenvalue weighted by atomic mass is 19.4. The number of hydrogen-bond acceptors (Lipinski definition) is 2. The van der Waals surface area contributed by atoms with Crippen molar-refractivity contribution >= 4 is 5.91 Å². The van der Waals surface area contributed by atoms with Gasteiger partial charge in [0, 0.05) is 12.2 Å². The van der Waals surface area contributed by atoms with E-state index in [1.807, 2.05) is 0 Å². The summed E-state index contributed by atoms with van der Waals surface area (Å²) >= 11 is 0. The van der Waals surface area contributed by atoms with Crippen molar-refractivity contribution in [3.63, 3.8) is 0 Å². The van der Waals surface area contributed by atoms with E-state index in [0.717, 1.165) is 12.1 Å². The first-order valence-electron chi connectivity index (χ1n) is 10.5. The number of aromatic nitrogens is 2. The fourth-order valence-corrected chi connectivity index (χ4v) is 3.53. The smallest absolute Gasteiger partial charge is 0.347 e. The number of nitrogens with zero attached hydrogens (tertiary/aromatic N) is 2. The molecule has 12 heteroatoms. The molecule has 4 rings (SSSR count). The Morgan fingerprint density at radius 3 is 1.97 bits per heavy atom. The van der Waals surface area contributed by atoms with Gasteiger partial charge in [0.1, 0.15) is 5.69 Å². The summed E-state index contributed by atoms with van der Waals surface area (Å²) in [5.41, 5.74) is -2.36. The molecule has 0 saturated heterocycles. The summed E-state index contributed by atoms with van der Waals surface area (Å²) in [6.45, 7) is -0.114. The SMILES string of the molecule is O=C(NCc1ccc(F)c(F)c1)c1cncn1-c1ccc(-c2cc(C(F)(F)F)cc(C(F)(F)F)c2)cc1. The van der Waals surface area contributed by atoms with Crippen LogP contribution in [-0.2, 0) is 18.9 Å². The van der Waals surface area contributed by atoms with Gasteiger partial charge >= 0.3 is 12.4 Å². The van der Waals surface area contributed by atoms with Crippen molar-refractivity contribution in [3.8, 4) is 16.8 Å². The topological polar surface area (TPSA) is 46.9 Å². The number of halogens is 8. The van der Waals surface area contributed by atoms with Crippen molar-refractivity contribution in [3.05, 3.63) is 107 Å². The quantitative estimate of drug-likeness (QED) is 0.292. The number of amides is 1. The van der Waals surface area contributed by atoms with E-state index in [4.69, 9.17) is 0 Å². The Morgan fingerprint density at radius 1 is 0.784 bits per heavy atom. The first kappa shape index (κ1) is 25.9. The molecule has 0 unspecified atom stereocenters. The van der Waals surface area contributed by atoms with Crippen molar-refractivity contribution in [2.45, 2.75) is 18.9 Å². The van der Waals surface area contributed by atoms with Crippen molar-refractivity contribution in [1.29, 1.82) is 0 Å². The summed E-state index contributed by atoms with van der Waals surface area (Å²) in [6.07, 6.45) is -7.44. The molecule has 1 amide bonds. The van der Waals surface area contributed by atoms with E-state index in [2.05, 4.69) is 10.3 Å². The Balaban J connectivity index is 1.58. The van der Waals surface area contributed by atoms with Crippen LogP contribution in [0.25, 0.3) is 16.8 Å². The number of carbonyl (C=O) groups is 1. The predicted molar refractivity (Wildman–Crippen MR) is 117 cm³/mol. The summed E-state index contributed by atoms with van der Waals surface area (Å²) in [4.78, 5) is 16.5. The maximum atomic E-state index is 13.4. The molecule has 0 saturated carbocycles. The highest BCUT2D eigenvalue weighted by Crippen LogP contribution is 2.38. The molecule has 0 aliphatic carbocycles. The summed E-state index contributed by atoms with van der Waals surface area (Å²) in [5, 5.41) is 2.53. The molecule has 37 heavy (non-hydrogen) atoms. The average molecular weight is 525 g/mol. The minimum atomic E-state index is -4.98. The van der Waals surface area contributed by atoms with E-state index in [0.29, 0.717) is 23.4 Å². The number of nitrogens with one attached hydrogen (secondary N) is 1. The molecule has 192 valence electrons. The van der Waals surface area contributed by atoms with Gasteiger partial charge in [-0.25, -0.2) is 13.8 Å². The second kappa shape index (κ2) is 9.68. The summed E-state index contributed by atoms with van der Waals surface area (Å²) in [7, 11) is 0. The van der Waals surface area contributed by atoms with Crippen molar-refractivity contribution in [2.24, 2.45) is 0 Å². The minimum absolute atomic E-state index is 0.0498. The summed E-state index contributed by atoms with van der Waals surface area (Å²) in [5.74, 6) is -2.71. The monoisotopic (exact) mass is 525 g/mol. The molecule has 0 fully saturated rings. The summed E-state index contributed by atoms with van der Waals surface area (Å²) < 4.78 is 107. The Hall–Kier alpha value is -4.22. The highest BCUT2D eigenvalue weighted by Gasteiger charge is 2.37. The number of hydrogen-bond donors (Lipinski definition) is 1. The number of alkyl halides is 6. The van der Waals surface area contributed by atoms with Crippen molar-refractivity contribution in [1.82, 2.24) is 14.9 Å². The van der Waals surface area contributed by atoms with Crippen LogP contribution in [0.4, 0.5) is 35.1 Å². The van der Waals surface area contributed by atoms with Crippen LogP contribution < -0.4 is 5.32 Å². The molecule has 1 aromatic heterocycles. The van der Waals surface area contributed by atoms with Crippen LogP contribution in [0, 0.1) is 11.6 Å². The van der Waals surface area contributed by atoms with Gasteiger partial charge in [-0.2, -0.15) is 26.3 Å². The average Bonchev–Trinajstić information content (AvgIpc) is 3.33. The van der Waals surface area contributed by atoms with E-state index in [9.17, 15) is 39.9 Å². The molecule has 4 nitrogen and oxygen atoms in total. The Morgan fingerprint density at radius 2 is 1.41 bits per heavy atom. The first-order valence-corrected chi connectivity index (χ1v) is 10.5. The Bertz CT molecular complexity index is 1410. The number of rotatable bonds is 5. The molecule has 0 spiro atoms. The van der Waals surface area contributed by atoms with E-state index >= 15 is 0 Å². The number of carbonyl (C=O) groups excluding carboxylic acids is 1. The molecule has 0 radical (unpaired) electrons. The second-order valence-electron chi connectivity index (χ2n) is 7.92. The van der Waals surface area contributed by atoms with Crippen LogP contribution in [0.15, 0.2) is 73.2 Å². The maximum Gasteiger partial charge on any atom is 0.416 e. The Labute approximate surface area is 204 Å². The molecule has 0 bridgehead atoms. The van der Waals surface area contributed by atoms with Crippen LogP contribution in [-0.4, -0.2) is 15.5 Å². The van der Waals surface area contributed by atoms with Gasteiger partial charge in [0.15, 0.2) is 11.6 Å². The van der Waals surface area contributed by atoms with Crippen LogP contribution >= 0.6 is 0 Å². The molecule has 0 aliphatic rings. The number of imidazole rings is 1. The van der Waals surface area contributed by atoms with Gasteiger partial charge in [0.25, 0.3) is 5.91 Å². The molecule has 3 aromatic carbocycles. The molecular weight excluding hydrogens is 510 g/mol. The Kier molecular flexibility index (Phi) is 6.76. The van der Waals surface area contributed by atoms with Crippen molar-refractivity contribution < 1.29 is 39.9 Å². The summed E-state index contributed by atoms with van der Waals surface area (Å²) in [6, 6.07) is 9.88. The van der Waals surface area contributed by atoms with E-state index in [-0.39, 0.29) is 29.4 Å². The van der Waals surface area contributed by atoms with E-state index < -0.39 is 41.0 Å². The van der Waals surface area contributed by atoms with E-state index in [1.54, 1.807) is 0 Å². The lowest BCUT2D eigenvalue weighted by atomic mass is 9.99. The van der Waals surface area contributed by atoms with Crippen LogP contribution in [0.5, 0.6) is 0 Å². The second-order valence-corrected chi connectivity index (χ2v) is 7.92. The maximum absolute atomic E-state index is 13.4. The van der Waals surface area contributed by atoms with E-state index in [1.165, 1.54) is 47.4 Å². The van der Waals surface area contributed by atoms with Gasteiger partial charge in [0.2, 0.25) is 0 Å². The molecule has 0 aliphatic heterocycles. The third-order valence-corrected chi connectivity index (χ3v) is 5.37. The minimum Gasteiger partial charge on any atom is -0.347 e. The lowest BCUT2D eigenvalue weighted by Crippen LogP contribution is -2.25. The van der Waals surface area contributed by atoms with Gasteiger partial charge in [-0.1, -0.05) is 18.2 Å². The lowest BCUT2D eigenvalue weighted by molar-refractivity contribution is -0.143. The zero-order chi connectivity index (χ0) is 27.0. The zero-order valence-corrected chi connectivity index (χ0v) is 18.5. The fourth-order valence-electron chi connectivity index (χ4n) is 3.53. The third-order valence-electron chi connectivity index (χ3n) is 5.37. The van der Waals surface area contributed by atoms with Gasteiger partial charge in [0.05, 0.1) is 23.7 Å². The molecule has 1 N–H and O–H groups in total. The molecule has 0 atom stereocenters. The molecule has 4 aromatic rings. The molecular formula is C25H15F8N3O. The first-order chi connectivity index (χ1) is 17.3. The highest BCUT2D eigenvalue weighted by molar-refractivity contribution is 5.93. The normalized spacial score (nSPS) is 12.0. The van der Waals surface area contributed by atoms with Gasteiger partial charge in [-0.15, -0.1) is 0 Å². The third kappa shape index (κ3) is 5.79. The van der Waals surface area contributed by atoms with Crippen LogP contribution in [0.3, 0.4) is 0 Å². The zero-order valence-electron chi connectivity index (χ0n) is 18.5. The van der Waals surface area contributed by atoms with Gasteiger partial charge in [-0.05, 0) is 59.2 Å². The number of benzene rings is 3. The predicted octanol–water partition coefficient (Wildman–Crippen LogP) is 6.79. The van der Waals surface area contributed by atoms with Crippen LogP contribution in [0.1, 0.15) is 27.2 Å². The van der Waals surface area contributed by atoms with Gasteiger partial charge < -0.3 is 5.32 Å². The fraction of sp³-hybridized carbons (Fsp3) is 0.120. The lowest BCUT2D eigenvalue weighted by Gasteiger charge is -2.15. The van der Waals surface area contributed by atoms with Crippen molar-refractivity contribution in [2.75, 3.05) is 0 Å². The van der Waals surface area contributed by atoms with Crippen LogP contribution in [0.2, 0.25) is 0 Å². The standard InChI is InChI=1S/C25H15F8N3O/c26-20-6-1-14(7-21(20)27)11-35-23(37)22-12-34-13-36(22)19-4-2-15(3-5-19)16-8-17(24(28,29)30)10-18(9-16)25(31,32)33/h1-10,12-13H,11H2,(H,35,37). The molecule has 1 heterocycles. The largest absolute Gasteiger partial charge is 0.416 e.